The van der Waals surface area contributed by atoms with E-state index in [1.165, 1.54) is 35.3 Å². The second kappa shape index (κ2) is 8.57. The molecule has 0 saturated heterocycles. The van der Waals surface area contributed by atoms with Gasteiger partial charge in [-0.1, -0.05) is 13.3 Å². The summed E-state index contributed by atoms with van der Waals surface area (Å²) >= 11 is 1.49. The molecule has 0 fully saturated rings. The molecule has 0 aliphatic heterocycles. The van der Waals surface area contributed by atoms with Gasteiger partial charge in [0.25, 0.3) is 0 Å². The summed E-state index contributed by atoms with van der Waals surface area (Å²) in [6.45, 7) is 1.89. The van der Waals surface area contributed by atoms with Crippen molar-refractivity contribution in [3.63, 3.8) is 0 Å². The van der Waals surface area contributed by atoms with E-state index in [0.717, 1.165) is 19.3 Å². The molecule has 0 N–H and O–H groups in total. The lowest BCUT2D eigenvalue weighted by atomic mass is 9.87. The Morgan fingerprint density at radius 3 is 2.70 bits per heavy atom. The van der Waals surface area contributed by atoms with Crippen LogP contribution in [0.3, 0.4) is 0 Å². The number of ether oxygens (including phenoxy) is 3. The Hall–Kier alpha value is -2.34. The number of thiophene rings is 1. The van der Waals surface area contributed by atoms with Crippen molar-refractivity contribution >= 4 is 23.1 Å². The molecule has 0 saturated carbocycles. The van der Waals surface area contributed by atoms with Crippen molar-refractivity contribution < 1.29 is 23.8 Å². The number of Topliss-reactive ketones (excluding diaryl/α,β-unsaturated/α-hetero) is 1. The minimum Gasteiger partial charge on any atom is -0.497 e. The van der Waals surface area contributed by atoms with E-state index in [1.54, 1.807) is 25.3 Å². The largest absolute Gasteiger partial charge is 0.497 e. The summed E-state index contributed by atoms with van der Waals surface area (Å²) in [5.41, 5.74) is 1.62. The van der Waals surface area contributed by atoms with Gasteiger partial charge in [-0.2, -0.15) is 0 Å². The minimum atomic E-state index is -0.441. The van der Waals surface area contributed by atoms with Gasteiger partial charge < -0.3 is 14.2 Å². The third kappa shape index (κ3) is 4.33. The first-order chi connectivity index (χ1) is 13.0. The third-order valence-corrected chi connectivity index (χ3v) is 6.22. The summed E-state index contributed by atoms with van der Waals surface area (Å²) in [5, 5.41) is 0. The molecule has 1 atom stereocenters. The lowest BCUT2D eigenvalue weighted by Crippen LogP contribution is -2.14. The van der Waals surface area contributed by atoms with Crippen molar-refractivity contribution in [3.8, 4) is 11.5 Å². The second-order valence-corrected chi connectivity index (χ2v) is 7.78. The normalized spacial score (nSPS) is 15.7. The number of methoxy groups -OCH3 is 2. The number of fused-ring (bicyclic) bond motifs is 1. The predicted octanol–water partition coefficient (Wildman–Crippen LogP) is 4.32. The Balaban J connectivity index is 1.64. The first-order valence-corrected chi connectivity index (χ1v) is 9.91. The van der Waals surface area contributed by atoms with Crippen LogP contribution in [0.25, 0.3) is 0 Å². The number of ketones is 1. The van der Waals surface area contributed by atoms with Crippen molar-refractivity contribution in [3.05, 3.63) is 45.1 Å². The van der Waals surface area contributed by atoms with Gasteiger partial charge in [-0.05, 0) is 48.9 Å². The second-order valence-electron chi connectivity index (χ2n) is 6.64. The highest BCUT2D eigenvalue weighted by atomic mass is 32.1. The van der Waals surface area contributed by atoms with Gasteiger partial charge in [-0.25, -0.2) is 4.79 Å². The Morgan fingerprint density at radius 2 is 2.00 bits per heavy atom. The predicted molar refractivity (Wildman–Crippen MR) is 104 cm³/mol. The number of hydrogen-bond donors (Lipinski definition) is 0. The summed E-state index contributed by atoms with van der Waals surface area (Å²) < 4.78 is 15.6. The highest BCUT2D eigenvalue weighted by Gasteiger charge is 2.23. The topological polar surface area (TPSA) is 61.8 Å². The van der Waals surface area contributed by atoms with E-state index >= 15 is 0 Å². The highest BCUT2D eigenvalue weighted by molar-refractivity contribution is 7.14. The molecule has 1 aromatic heterocycles. The molecule has 1 heterocycles. The first kappa shape index (κ1) is 19.4. The molecule has 144 valence electrons. The van der Waals surface area contributed by atoms with E-state index < -0.39 is 5.97 Å². The first-order valence-electron chi connectivity index (χ1n) is 9.09. The number of carbonyl (C=O) groups excluding carboxylic acids is 2. The van der Waals surface area contributed by atoms with Crippen LogP contribution in [0.5, 0.6) is 11.5 Å². The zero-order valence-electron chi connectivity index (χ0n) is 15.9. The van der Waals surface area contributed by atoms with Crippen molar-refractivity contribution in [2.24, 2.45) is 5.92 Å². The van der Waals surface area contributed by atoms with Crippen LogP contribution in [-0.2, 0) is 17.6 Å². The van der Waals surface area contributed by atoms with Crippen LogP contribution in [0, 0.1) is 5.92 Å². The number of benzene rings is 1. The smallest absolute Gasteiger partial charge is 0.348 e. The highest BCUT2D eigenvalue weighted by Crippen LogP contribution is 2.34. The molecule has 5 nitrogen and oxygen atoms in total. The molecule has 0 radical (unpaired) electrons. The van der Waals surface area contributed by atoms with Crippen LogP contribution in [0.2, 0.25) is 0 Å². The van der Waals surface area contributed by atoms with Gasteiger partial charge in [0.05, 0.1) is 19.8 Å². The average molecular weight is 388 g/mol. The molecule has 1 aliphatic carbocycles. The zero-order chi connectivity index (χ0) is 19.4. The van der Waals surface area contributed by atoms with E-state index in [9.17, 15) is 9.59 Å². The van der Waals surface area contributed by atoms with Gasteiger partial charge in [-0.3, -0.25) is 4.79 Å². The number of aryl methyl sites for hydroxylation is 1. The van der Waals surface area contributed by atoms with Crippen LogP contribution in [-0.4, -0.2) is 32.6 Å². The van der Waals surface area contributed by atoms with Gasteiger partial charge in [0.1, 0.15) is 16.4 Å². The maximum atomic E-state index is 12.4. The van der Waals surface area contributed by atoms with Crippen molar-refractivity contribution in [2.75, 3.05) is 20.8 Å². The van der Waals surface area contributed by atoms with Crippen LogP contribution < -0.4 is 9.47 Å². The average Bonchev–Trinajstić information content (AvgIpc) is 3.14. The summed E-state index contributed by atoms with van der Waals surface area (Å²) in [5.74, 6) is 0.932. The number of esters is 1. The Bertz CT molecular complexity index is 839. The fourth-order valence-electron chi connectivity index (χ4n) is 3.36. The Morgan fingerprint density at radius 1 is 1.19 bits per heavy atom. The third-order valence-electron chi connectivity index (χ3n) is 5.01. The van der Waals surface area contributed by atoms with Crippen LogP contribution >= 0.6 is 11.3 Å². The number of hydrogen-bond acceptors (Lipinski definition) is 6. The zero-order valence-corrected chi connectivity index (χ0v) is 16.7. The minimum absolute atomic E-state index is 0.310. The van der Waals surface area contributed by atoms with Crippen molar-refractivity contribution in [1.29, 1.82) is 0 Å². The lowest BCUT2D eigenvalue weighted by Gasteiger charge is -2.19. The van der Waals surface area contributed by atoms with E-state index in [1.807, 2.05) is 6.07 Å². The molecule has 1 aromatic carbocycles. The standard InChI is InChI=1S/C21H24O5S/c1-4-13-5-8-19-14(9-13)10-20(27-19)21(23)26-12-17(22)16-7-6-15(24-2)11-18(16)25-3/h6-7,10-11,13H,4-5,8-9,12H2,1-3H3/t13-/m1/s1. The molecular weight excluding hydrogens is 364 g/mol. The number of rotatable bonds is 7. The van der Waals surface area contributed by atoms with Gasteiger partial charge >= 0.3 is 5.97 Å². The van der Waals surface area contributed by atoms with E-state index in [0.29, 0.717) is 27.9 Å². The quantitative estimate of drug-likeness (QED) is 0.522. The van der Waals surface area contributed by atoms with Crippen LogP contribution in [0.15, 0.2) is 24.3 Å². The molecule has 6 heteroatoms. The SMILES string of the molecule is CC[C@@H]1CCc2sc(C(=O)OCC(=O)c3ccc(OC)cc3OC)cc2C1. The molecule has 2 aromatic rings. The summed E-state index contributed by atoms with van der Waals surface area (Å²) in [4.78, 5) is 26.7. The molecule has 3 rings (SSSR count). The van der Waals surface area contributed by atoms with Gasteiger partial charge in [0, 0.05) is 10.9 Å². The van der Waals surface area contributed by atoms with Crippen molar-refractivity contribution in [1.82, 2.24) is 0 Å². The van der Waals surface area contributed by atoms with Gasteiger partial charge in [0.15, 0.2) is 6.61 Å². The molecule has 0 amide bonds. The van der Waals surface area contributed by atoms with Gasteiger partial charge in [0.2, 0.25) is 5.78 Å². The van der Waals surface area contributed by atoms with Crippen LogP contribution in [0.1, 0.15) is 50.2 Å². The van der Waals surface area contributed by atoms with Crippen molar-refractivity contribution in [2.45, 2.75) is 32.6 Å². The maximum Gasteiger partial charge on any atom is 0.348 e. The molecule has 1 aliphatic rings. The maximum absolute atomic E-state index is 12.4. The van der Waals surface area contributed by atoms with E-state index in [2.05, 4.69) is 6.92 Å². The molecule has 27 heavy (non-hydrogen) atoms. The molecule has 0 spiro atoms. The van der Waals surface area contributed by atoms with E-state index in [-0.39, 0.29) is 12.4 Å². The molecule has 0 bridgehead atoms. The fourth-order valence-corrected chi connectivity index (χ4v) is 4.46. The van der Waals surface area contributed by atoms with Crippen LogP contribution in [0.4, 0.5) is 0 Å². The van der Waals surface area contributed by atoms with E-state index in [4.69, 9.17) is 14.2 Å². The summed E-state index contributed by atoms with van der Waals surface area (Å²) in [6, 6.07) is 6.85. The molecular formula is C21H24O5S. The summed E-state index contributed by atoms with van der Waals surface area (Å²) in [7, 11) is 3.03. The monoisotopic (exact) mass is 388 g/mol. The Labute approximate surface area is 163 Å². The Kier molecular flexibility index (Phi) is 6.16. The summed E-state index contributed by atoms with van der Waals surface area (Å²) in [6.07, 6.45) is 4.38. The van der Waals surface area contributed by atoms with Gasteiger partial charge in [-0.15, -0.1) is 11.3 Å². The number of carbonyl (C=O) groups is 2. The fraction of sp³-hybridized carbons (Fsp3) is 0.429. The molecule has 0 unspecified atom stereocenters. The lowest BCUT2D eigenvalue weighted by molar-refractivity contribution is 0.0478.